The van der Waals surface area contributed by atoms with Crippen LogP contribution in [0.5, 0.6) is 0 Å². The molecule has 0 aliphatic heterocycles. The molecule has 0 aromatic carbocycles. The summed E-state index contributed by atoms with van der Waals surface area (Å²) in [6, 6.07) is 0. The highest BCUT2D eigenvalue weighted by Crippen LogP contribution is 2.41. The molecular weight excluding hydrogens is 296 g/mol. The summed E-state index contributed by atoms with van der Waals surface area (Å²) in [4.78, 5) is 0. The molecule has 2 aliphatic carbocycles. The number of ether oxygens (including phenoxy) is 2. The fourth-order valence-corrected chi connectivity index (χ4v) is 4.36. The van der Waals surface area contributed by atoms with E-state index in [1.807, 2.05) is 12.5 Å². The minimum atomic E-state index is 0.790. The maximum absolute atomic E-state index is 5.66. The highest BCUT2D eigenvalue weighted by molar-refractivity contribution is 4.83. The predicted molar refractivity (Wildman–Crippen MR) is 102 cm³/mol. The van der Waals surface area contributed by atoms with Gasteiger partial charge in [-0.1, -0.05) is 26.0 Å². The maximum atomic E-state index is 5.66. The van der Waals surface area contributed by atoms with E-state index in [-0.39, 0.29) is 0 Å². The number of allylic oxidation sites excluding steroid dienone is 2. The molecule has 2 heteroatoms. The molecule has 0 N–H and O–H groups in total. The van der Waals surface area contributed by atoms with Gasteiger partial charge in [0, 0.05) is 0 Å². The fourth-order valence-electron chi connectivity index (χ4n) is 4.36. The van der Waals surface area contributed by atoms with Crippen molar-refractivity contribution in [3.8, 4) is 0 Å². The molecule has 0 heterocycles. The largest absolute Gasteiger partial charge is 0.501 e. The van der Waals surface area contributed by atoms with Gasteiger partial charge in [-0.3, -0.25) is 0 Å². The van der Waals surface area contributed by atoms with Gasteiger partial charge in [0.15, 0.2) is 0 Å². The number of hydrogen-bond donors (Lipinski definition) is 0. The van der Waals surface area contributed by atoms with E-state index >= 15 is 0 Å². The van der Waals surface area contributed by atoms with Gasteiger partial charge < -0.3 is 9.47 Å². The summed E-state index contributed by atoms with van der Waals surface area (Å²) in [6.45, 7) is 6.15. The first kappa shape index (κ1) is 19.4. The van der Waals surface area contributed by atoms with Gasteiger partial charge in [-0.25, -0.2) is 0 Å². The average molecular weight is 335 g/mol. The van der Waals surface area contributed by atoms with Crippen LogP contribution in [0.3, 0.4) is 0 Å². The lowest BCUT2D eigenvalue weighted by Gasteiger charge is -2.37. The zero-order chi connectivity index (χ0) is 17.0. The maximum Gasteiger partial charge on any atom is 0.0901 e. The molecule has 2 aliphatic rings. The van der Waals surface area contributed by atoms with Crippen molar-refractivity contribution >= 4 is 0 Å². The molecule has 0 unspecified atom stereocenters. The van der Waals surface area contributed by atoms with Crippen LogP contribution in [0, 0.1) is 23.7 Å². The molecule has 0 saturated heterocycles. The normalized spacial score (nSPS) is 31.6. The lowest BCUT2D eigenvalue weighted by Crippen LogP contribution is -2.27. The Kier molecular flexibility index (Phi) is 9.38. The first-order valence-corrected chi connectivity index (χ1v) is 10.4. The monoisotopic (exact) mass is 334 g/mol. The molecule has 0 radical (unpaired) electrons. The third-order valence-corrected chi connectivity index (χ3v) is 5.97. The fraction of sp³-hybridized carbons (Fsp3) is 0.818. The van der Waals surface area contributed by atoms with Crippen molar-refractivity contribution in [3.05, 3.63) is 24.7 Å². The van der Waals surface area contributed by atoms with Crippen LogP contribution in [-0.4, -0.2) is 13.2 Å². The summed E-state index contributed by atoms with van der Waals surface area (Å²) in [5.41, 5.74) is 0. The molecule has 0 bridgehead atoms. The van der Waals surface area contributed by atoms with Gasteiger partial charge in [0.25, 0.3) is 0 Å². The Morgan fingerprint density at radius 2 is 1.00 bits per heavy atom. The van der Waals surface area contributed by atoms with E-state index in [4.69, 9.17) is 9.47 Å². The second kappa shape index (κ2) is 11.6. The van der Waals surface area contributed by atoms with Crippen molar-refractivity contribution in [2.24, 2.45) is 23.7 Å². The molecule has 24 heavy (non-hydrogen) atoms. The summed E-state index contributed by atoms with van der Waals surface area (Å²) in [5, 5.41) is 0. The van der Waals surface area contributed by atoms with Crippen LogP contribution in [0.1, 0.15) is 78.1 Å². The molecule has 0 atom stereocenters. The molecule has 0 spiro atoms. The van der Waals surface area contributed by atoms with E-state index in [9.17, 15) is 0 Å². The second-order valence-electron chi connectivity index (χ2n) is 7.79. The van der Waals surface area contributed by atoms with E-state index in [0.29, 0.717) is 0 Å². The van der Waals surface area contributed by atoms with Crippen molar-refractivity contribution in [1.29, 1.82) is 0 Å². The quantitative estimate of drug-likeness (QED) is 0.449. The average Bonchev–Trinajstić information content (AvgIpc) is 2.64. The molecule has 0 aromatic rings. The van der Waals surface area contributed by atoms with Crippen molar-refractivity contribution in [2.45, 2.75) is 78.1 Å². The van der Waals surface area contributed by atoms with Crippen LogP contribution < -0.4 is 0 Å². The molecule has 2 rings (SSSR count). The Bertz CT molecular complexity index is 322. The minimum Gasteiger partial charge on any atom is -0.501 e. The van der Waals surface area contributed by atoms with Crippen LogP contribution in [0.4, 0.5) is 0 Å². The Labute approximate surface area is 149 Å². The summed E-state index contributed by atoms with van der Waals surface area (Å²) in [5.74, 6) is 3.54. The molecule has 2 saturated carbocycles. The molecule has 0 aromatic heterocycles. The van der Waals surface area contributed by atoms with Crippen LogP contribution in [-0.2, 0) is 9.47 Å². The molecule has 2 fully saturated rings. The second-order valence-corrected chi connectivity index (χ2v) is 7.79. The smallest absolute Gasteiger partial charge is 0.0901 e. The van der Waals surface area contributed by atoms with Crippen LogP contribution in [0.15, 0.2) is 24.7 Å². The van der Waals surface area contributed by atoms with E-state index in [0.717, 1.165) is 49.7 Å². The SMILES string of the molecule is CC/C=C\OCC1CCC([C@H]2CC[C@H](CO/C=C\CC)CC2)CC1. The standard InChI is InChI=1S/C22H38O2/c1-3-5-15-23-17-19-7-11-21(12-8-19)22-13-9-20(10-14-22)18-24-16-6-4-2/h5-6,15-16,19-22H,3-4,7-14,17-18H2,1-2H3/b15-5-,16-6-/t19-,20?,21-,22?. The highest BCUT2D eigenvalue weighted by atomic mass is 16.5. The molecule has 2 nitrogen and oxygen atoms in total. The van der Waals surface area contributed by atoms with Gasteiger partial charge in [0.2, 0.25) is 0 Å². The minimum absolute atomic E-state index is 0.790. The van der Waals surface area contributed by atoms with E-state index in [1.165, 1.54) is 51.4 Å². The van der Waals surface area contributed by atoms with Gasteiger partial charge >= 0.3 is 0 Å². The Morgan fingerprint density at radius 1 is 0.625 bits per heavy atom. The summed E-state index contributed by atoms with van der Waals surface area (Å²) in [7, 11) is 0. The summed E-state index contributed by atoms with van der Waals surface area (Å²) in [6.07, 6.45) is 21.3. The van der Waals surface area contributed by atoms with Crippen molar-refractivity contribution in [2.75, 3.05) is 13.2 Å². The van der Waals surface area contributed by atoms with Gasteiger partial charge in [-0.05, 0) is 87.9 Å². The third kappa shape index (κ3) is 6.91. The summed E-state index contributed by atoms with van der Waals surface area (Å²) >= 11 is 0. The van der Waals surface area contributed by atoms with Gasteiger partial charge in [0.1, 0.15) is 0 Å². The van der Waals surface area contributed by atoms with E-state index < -0.39 is 0 Å². The Balaban J connectivity index is 1.58. The van der Waals surface area contributed by atoms with Crippen molar-refractivity contribution in [3.63, 3.8) is 0 Å². The Hall–Kier alpha value is -0.920. The molecular formula is C22H38O2. The number of rotatable bonds is 9. The van der Waals surface area contributed by atoms with Crippen LogP contribution in [0.25, 0.3) is 0 Å². The topological polar surface area (TPSA) is 18.5 Å². The zero-order valence-electron chi connectivity index (χ0n) is 15.9. The van der Waals surface area contributed by atoms with E-state index in [1.54, 1.807) is 0 Å². The van der Waals surface area contributed by atoms with E-state index in [2.05, 4.69) is 26.0 Å². The first-order chi connectivity index (χ1) is 11.8. The summed E-state index contributed by atoms with van der Waals surface area (Å²) < 4.78 is 11.3. The van der Waals surface area contributed by atoms with Gasteiger partial charge in [-0.15, -0.1) is 0 Å². The van der Waals surface area contributed by atoms with Crippen molar-refractivity contribution in [1.82, 2.24) is 0 Å². The Morgan fingerprint density at radius 3 is 1.33 bits per heavy atom. The number of hydrogen-bond acceptors (Lipinski definition) is 2. The van der Waals surface area contributed by atoms with Crippen LogP contribution in [0.2, 0.25) is 0 Å². The van der Waals surface area contributed by atoms with Crippen LogP contribution >= 0.6 is 0 Å². The molecule has 138 valence electrons. The van der Waals surface area contributed by atoms with Gasteiger partial charge in [-0.2, -0.15) is 0 Å². The molecule has 0 amide bonds. The lowest BCUT2D eigenvalue weighted by atomic mass is 9.69. The zero-order valence-corrected chi connectivity index (χ0v) is 15.9. The first-order valence-electron chi connectivity index (χ1n) is 10.4. The third-order valence-electron chi connectivity index (χ3n) is 5.97. The van der Waals surface area contributed by atoms with Crippen molar-refractivity contribution < 1.29 is 9.47 Å². The highest BCUT2D eigenvalue weighted by Gasteiger charge is 2.31. The predicted octanol–water partition coefficient (Wildman–Crippen LogP) is 6.48. The lowest BCUT2D eigenvalue weighted by molar-refractivity contribution is 0.0928. The van der Waals surface area contributed by atoms with Gasteiger partial charge in [0.05, 0.1) is 25.7 Å².